The summed E-state index contributed by atoms with van der Waals surface area (Å²) in [5.41, 5.74) is 0. The number of imide groups is 1. The zero-order valence-electron chi connectivity index (χ0n) is 16.8. The number of rotatable bonds is 5. The molecule has 3 rings (SSSR count). The second-order valence-corrected chi connectivity index (χ2v) is 8.90. The molecule has 0 spiro atoms. The average molecular weight is 375 g/mol. The molecule has 1 heterocycles. The van der Waals surface area contributed by atoms with Crippen LogP contribution in [0, 0.1) is 17.8 Å². The van der Waals surface area contributed by atoms with Crippen LogP contribution in [-0.4, -0.2) is 34.7 Å². The molecule has 27 heavy (non-hydrogen) atoms. The first kappa shape index (κ1) is 20.1. The molecule has 0 aromatic carbocycles. The first-order chi connectivity index (χ1) is 13.0. The Labute approximate surface area is 162 Å². The lowest BCUT2D eigenvalue weighted by Crippen LogP contribution is -2.52. The summed E-state index contributed by atoms with van der Waals surface area (Å²) < 4.78 is 0. The van der Waals surface area contributed by atoms with E-state index in [2.05, 4.69) is 5.32 Å². The minimum absolute atomic E-state index is 0.137. The van der Waals surface area contributed by atoms with E-state index >= 15 is 0 Å². The fourth-order valence-corrected chi connectivity index (χ4v) is 4.81. The number of hydrogen-bond acceptors (Lipinski definition) is 3. The maximum absolute atomic E-state index is 13.2. The van der Waals surface area contributed by atoms with Gasteiger partial charge in [0.1, 0.15) is 6.04 Å². The summed E-state index contributed by atoms with van der Waals surface area (Å²) in [5, 5.41) is 3.19. The van der Waals surface area contributed by atoms with Crippen molar-refractivity contribution in [2.24, 2.45) is 17.8 Å². The normalized spacial score (nSPS) is 28.0. The third-order valence-corrected chi connectivity index (χ3v) is 6.30. The zero-order valence-corrected chi connectivity index (χ0v) is 16.8. The van der Waals surface area contributed by atoms with Crippen molar-refractivity contribution in [1.29, 1.82) is 0 Å². The Hall–Kier alpha value is -1.65. The number of fused-ring (bicyclic) bond motifs is 1. The minimum atomic E-state index is -0.666. The van der Waals surface area contributed by atoms with Crippen LogP contribution in [0.2, 0.25) is 0 Å². The van der Waals surface area contributed by atoms with Gasteiger partial charge in [-0.3, -0.25) is 19.3 Å². The SMILES string of the molecule is CC(C)C[C@H](C(=O)NC1CCCCCCC1)N1C(=O)[C@H]2CC=CC[C@H]2C1=O. The molecule has 0 radical (unpaired) electrons. The van der Waals surface area contributed by atoms with E-state index in [0.29, 0.717) is 19.3 Å². The van der Waals surface area contributed by atoms with Crippen molar-refractivity contribution < 1.29 is 14.4 Å². The number of nitrogens with zero attached hydrogens (tertiary/aromatic N) is 1. The predicted molar refractivity (Wildman–Crippen MR) is 105 cm³/mol. The van der Waals surface area contributed by atoms with E-state index in [0.717, 1.165) is 25.7 Å². The largest absolute Gasteiger partial charge is 0.352 e. The highest BCUT2D eigenvalue weighted by Gasteiger charge is 2.51. The maximum Gasteiger partial charge on any atom is 0.243 e. The Morgan fingerprint density at radius 2 is 1.52 bits per heavy atom. The van der Waals surface area contributed by atoms with Crippen molar-refractivity contribution in [1.82, 2.24) is 10.2 Å². The second-order valence-electron chi connectivity index (χ2n) is 8.90. The van der Waals surface area contributed by atoms with E-state index < -0.39 is 6.04 Å². The lowest BCUT2D eigenvalue weighted by molar-refractivity contribution is -0.148. The second kappa shape index (κ2) is 9.03. The third-order valence-electron chi connectivity index (χ3n) is 6.30. The van der Waals surface area contributed by atoms with Gasteiger partial charge in [-0.25, -0.2) is 0 Å². The molecule has 5 nitrogen and oxygen atoms in total. The molecule has 2 fully saturated rings. The number of amides is 3. The Morgan fingerprint density at radius 1 is 1.00 bits per heavy atom. The number of carbonyl (C=O) groups is 3. The van der Waals surface area contributed by atoms with Crippen LogP contribution >= 0.6 is 0 Å². The monoisotopic (exact) mass is 374 g/mol. The van der Waals surface area contributed by atoms with Crippen LogP contribution in [0.3, 0.4) is 0 Å². The minimum Gasteiger partial charge on any atom is -0.352 e. The Bertz CT molecular complexity index is 564. The van der Waals surface area contributed by atoms with Crippen LogP contribution in [0.1, 0.15) is 78.1 Å². The summed E-state index contributed by atoms with van der Waals surface area (Å²) in [4.78, 5) is 40.4. The Morgan fingerprint density at radius 3 is 2.04 bits per heavy atom. The molecule has 1 saturated carbocycles. The number of nitrogens with one attached hydrogen (secondary N) is 1. The molecule has 5 heteroatoms. The van der Waals surface area contributed by atoms with Gasteiger partial charge in [0.25, 0.3) is 0 Å². The molecule has 2 aliphatic carbocycles. The van der Waals surface area contributed by atoms with E-state index in [1.807, 2.05) is 26.0 Å². The lowest BCUT2D eigenvalue weighted by atomic mass is 9.85. The molecule has 3 aliphatic rings. The van der Waals surface area contributed by atoms with Crippen LogP contribution in [0.15, 0.2) is 12.2 Å². The molecule has 3 amide bonds. The van der Waals surface area contributed by atoms with E-state index in [4.69, 9.17) is 0 Å². The van der Waals surface area contributed by atoms with Gasteiger partial charge in [0.15, 0.2) is 0 Å². The summed E-state index contributed by atoms with van der Waals surface area (Å²) >= 11 is 0. The van der Waals surface area contributed by atoms with Crippen molar-refractivity contribution in [3.63, 3.8) is 0 Å². The molecule has 150 valence electrons. The van der Waals surface area contributed by atoms with Crippen molar-refractivity contribution in [3.05, 3.63) is 12.2 Å². The van der Waals surface area contributed by atoms with E-state index in [1.165, 1.54) is 24.2 Å². The van der Waals surface area contributed by atoms with Crippen LogP contribution in [-0.2, 0) is 14.4 Å². The van der Waals surface area contributed by atoms with Gasteiger partial charge in [-0.2, -0.15) is 0 Å². The van der Waals surface area contributed by atoms with Gasteiger partial charge in [0.05, 0.1) is 11.8 Å². The molecule has 0 aromatic rings. The highest BCUT2D eigenvalue weighted by Crippen LogP contribution is 2.37. The van der Waals surface area contributed by atoms with Crippen molar-refractivity contribution in [3.8, 4) is 0 Å². The van der Waals surface area contributed by atoms with Crippen LogP contribution < -0.4 is 5.32 Å². The Balaban J connectivity index is 1.73. The average Bonchev–Trinajstić information content (AvgIpc) is 2.86. The van der Waals surface area contributed by atoms with Gasteiger partial charge in [-0.15, -0.1) is 0 Å². The molecule has 0 unspecified atom stereocenters. The van der Waals surface area contributed by atoms with Gasteiger partial charge in [0.2, 0.25) is 17.7 Å². The summed E-state index contributed by atoms with van der Waals surface area (Å²) in [5.74, 6) is -0.736. The van der Waals surface area contributed by atoms with Gasteiger partial charge in [0, 0.05) is 6.04 Å². The summed E-state index contributed by atoms with van der Waals surface area (Å²) in [7, 11) is 0. The van der Waals surface area contributed by atoms with Crippen molar-refractivity contribution in [2.45, 2.75) is 90.1 Å². The number of carbonyl (C=O) groups excluding carboxylic acids is 3. The van der Waals surface area contributed by atoms with Crippen LogP contribution in [0.25, 0.3) is 0 Å². The fraction of sp³-hybridized carbons (Fsp3) is 0.773. The van der Waals surface area contributed by atoms with E-state index in [1.54, 1.807) is 0 Å². The first-order valence-electron chi connectivity index (χ1n) is 10.8. The highest BCUT2D eigenvalue weighted by molar-refractivity contribution is 6.08. The summed E-state index contributed by atoms with van der Waals surface area (Å²) in [6.45, 7) is 4.07. The van der Waals surface area contributed by atoms with E-state index in [9.17, 15) is 14.4 Å². The Kier molecular flexibility index (Phi) is 6.72. The molecule has 0 aromatic heterocycles. The molecule has 1 saturated heterocycles. The zero-order chi connectivity index (χ0) is 19.4. The van der Waals surface area contributed by atoms with Gasteiger partial charge in [-0.05, 0) is 38.0 Å². The third kappa shape index (κ3) is 4.61. The quantitative estimate of drug-likeness (QED) is 0.591. The van der Waals surface area contributed by atoms with Crippen LogP contribution in [0.4, 0.5) is 0 Å². The smallest absolute Gasteiger partial charge is 0.243 e. The molecular formula is C22H34N2O3. The summed E-state index contributed by atoms with van der Waals surface area (Å²) in [6.07, 6.45) is 13.7. The standard InChI is InChI=1S/C22H34N2O3/c1-15(2)14-19(20(25)23-16-10-6-4-3-5-7-11-16)24-21(26)17-12-8-9-13-18(17)22(24)27/h8-9,15-19H,3-7,10-14H2,1-2H3,(H,23,25)/t17-,18+,19-/m1/s1. The van der Waals surface area contributed by atoms with Gasteiger partial charge >= 0.3 is 0 Å². The first-order valence-corrected chi connectivity index (χ1v) is 10.8. The van der Waals surface area contributed by atoms with E-state index in [-0.39, 0.29) is 41.5 Å². The topological polar surface area (TPSA) is 66.5 Å². The highest BCUT2D eigenvalue weighted by atomic mass is 16.2. The molecule has 3 atom stereocenters. The number of likely N-dealkylation sites (tertiary alicyclic amines) is 1. The predicted octanol–water partition coefficient (Wildman–Crippen LogP) is 3.58. The van der Waals surface area contributed by atoms with Crippen molar-refractivity contribution in [2.75, 3.05) is 0 Å². The lowest BCUT2D eigenvalue weighted by Gasteiger charge is -2.30. The van der Waals surface area contributed by atoms with Crippen molar-refractivity contribution >= 4 is 17.7 Å². The van der Waals surface area contributed by atoms with Gasteiger partial charge < -0.3 is 5.32 Å². The maximum atomic E-state index is 13.2. The molecular weight excluding hydrogens is 340 g/mol. The fourth-order valence-electron chi connectivity index (χ4n) is 4.81. The molecule has 1 N–H and O–H groups in total. The summed E-state index contributed by atoms with van der Waals surface area (Å²) in [6, 6.07) is -0.495. The van der Waals surface area contributed by atoms with Gasteiger partial charge in [-0.1, -0.05) is 58.1 Å². The number of hydrogen-bond donors (Lipinski definition) is 1. The molecule has 0 bridgehead atoms. The number of allylic oxidation sites excluding steroid dienone is 2. The molecule has 1 aliphatic heterocycles. The van der Waals surface area contributed by atoms with Crippen LogP contribution in [0.5, 0.6) is 0 Å².